The maximum atomic E-state index is 4.26. The number of halogens is 1. The van der Waals surface area contributed by atoms with Gasteiger partial charge >= 0.3 is 0 Å². The summed E-state index contributed by atoms with van der Waals surface area (Å²) in [6.45, 7) is 5.12. The zero-order chi connectivity index (χ0) is 11.7. The SMILES string of the molecule is Brc1ccc2nnc(CN3CCNCC3)n2c1. The van der Waals surface area contributed by atoms with Gasteiger partial charge in [-0.15, -0.1) is 10.2 Å². The smallest absolute Gasteiger partial charge is 0.160 e. The monoisotopic (exact) mass is 295 g/mol. The Kier molecular flexibility index (Phi) is 3.09. The van der Waals surface area contributed by atoms with E-state index in [4.69, 9.17) is 0 Å². The second kappa shape index (κ2) is 4.72. The summed E-state index contributed by atoms with van der Waals surface area (Å²) in [5.74, 6) is 1.00. The van der Waals surface area contributed by atoms with Crippen LogP contribution in [-0.2, 0) is 6.54 Å². The van der Waals surface area contributed by atoms with Gasteiger partial charge in [0.25, 0.3) is 0 Å². The van der Waals surface area contributed by atoms with Gasteiger partial charge in [0.1, 0.15) is 0 Å². The third-order valence-corrected chi connectivity index (χ3v) is 3.48. The molecule has 6 heteroatoms. The van der Waals surface area contributed by atoms with Gasteiger partial charge < -0.3 is 5.32 Å². The van der Waals surface area contributed by atoms with Gasteiger partial charge in [-0.25, -0.2) is 0 Å². The molecule has 90 valence electrons. The first-order valence-corrected chi connectivity index (χ1v) is 6.54. The first-order valence-electron chi connectivity index (χ1n) is 5.75. The van der Waals surface area contributed by atoms with Crippen molar-refractivity contribution in [2.45, 2.75) is 6.54 Å². The van der Waals surface area contributed by atoms with Crippen molar-refractivity contribution < 1.29 is 0 Å². The minimum absolute atomic E-state index is 0.860. The molecule has 0 saturated carbocycles. The summed E-state index contributed by atoms with van der Waals surface area (Å²) in [5, 5.41) is 11.8. The third-order valence-electron chi connectivity index (χ3n) is 3.01. The molecule has 0 unspecified atom stereocenters. The fraction of sp³-hybridized carbons (Fsp3) is 0.455. The number of piperazine rings is 1. The van der Waals surface area contributed by atoms with E-state index in [-0.39, 0.29) is 0 Å². The van der Waals surface area contributed by atoms with E-state index in [0.29, 0.717) is 0 Å². The van der Waals surface area contributed by atoms with E-state index in [1.54, 1.807) is 0 Å². The van der Waals surface area contributed by atoms with Gasteiger partial charge in [-0.2, -0.15) is 0 Å². The molecule has 1 aliphatic rings. The van der Waals surface area contributed by atoms with Crippen LogP contribution in [0.3, 0.4) is 0 Å². The normalized spacial score (nSPS) is 17.7. The van der Waals surface area contributed by atoms with Crippen LogP contribution in [0.2, 0.25) is 0 Å². The van der Waals surface area contributed by atoms with Crippen LogP contribution in [0.15, 0.2) is 22.8 Å². The fourth-order valence-electron chi connectivity index (χ4n) is 2.09. The lowest BCUT2D eigenvalue weighted by Gasteiger charge is -2.26. The predicted octanol–water partition coefficient (Wildman–Crippen LogP) is 0.897. The Morgan fingerprint density at radius 1 is 1.24 bits per heavy atom. The van der Waals surface area contributed by atoms with Crippen molar-refractivity contribution in [1.82, 2.24) is 24.8 Å². The molecule has 1 fully saturated rings. The van der Waals surface area contributed by atoms with Crippen LogP contribution in [0.25, 0.3) is 5.65 Å². The number of fused-ring (bicyclic) bond motifs is 1. The van der Waals surface area contributed by atoms with Crippen LogP contribution in [0.4, 0.5) is 0 Å². The average molecular weight is 296 g/mol. The van der Waals surface area contributed by atoms with Gasteiger partial charge in [0.05, 0.1) is 6.54 Å². The molecule has 2 aromatic heterocycles. The number of rotatable bonds is 2. The fourth-order valence-corrected chi connectivity index (χ4v) is 2.43. The number of hydrogen-bond donors (Lipinski definition) is 1. The van der Waals surface area contributed by atoms with Crippen LogP contribution < -0.4 is 5.32 Å². The first-order chi connectivity index (χ1) is 8.33. The molecule has 1 N–H and O–H groups in total. The van der Waals surface area contributed by atoms with Gasteiger partial charge in [-0.05, 0) is 28.1 Å². The highest BCUT2D eigenvalue weighted by molar-refractivity contribution is 9.10. The molecule has 0 aromatic carbocycles. The lowest BCUT2D eigenvalue weighted by atomic mass is 10.3. The lowest BCUT2D eigenvalue weighted by molar-refractivity contribution is 0.227. The average Bonchev–Trinajstić information content (AvgIpc) is 2.73. The Morgan fingerprint density at radius 2 is 2.06 bits per heavy atom. The molecule has 3 heterocycles. The summed E-state index contributed by atoms with van der Waals surface area (Å²) in [6.07, 6.45) is 2.02. The Bertz CT molecular complexity index is 518. The number of aromatic nitrogens is 3. The van der Waals surface area contributed by atoms with Crippen LogP contribution >= 0.6 is 15.9 Å². The van der Waals surface area contributed by atoms with Crippen molar-refractivity contribution in [2.75, 3.05) is 26.2 Å². The molecule has 0 atom stereocenters. The van der Waals surface area contributed by atoms with Crippen molar-refractivity contribution in [3.8, 4) is 0 Å². The summed E-state index contributed by atoms with van der Waals surface area (Å²) < 4.78 is 3.10. The lowest BCUT2D eigenvalue weighted by Crippen LogP contribution is -2.43. The molecule has 0 aliphatic carbocycles. The minimum Gasteiger partial charge on any atom is -0.314 e. The summed E-state index contributed by atoms with van der Waals surface area (Å²) in [7, 11) is 0. The Morgan fingerprint density at radius 3 is 2.88 bits per heavy atom. The minimum atomic E-state index is 0.860. The van der Waals surface area contributed by atoms with Crippen LogP contribution in [0, 0.1) is 0 Å². The Labute approximate surface area is 108 Å². The van der Waals surface area contributed by atoms with Crippen molar-refractivity contribution in [3.05, 3.63) is 28.6 Å². The van der Waals surface area contributed by atoms with Crippen LogP contribution in [0.1, 0.15) is 5.82 Å². The number of pyridine rings is 1. The molecule has 1 aliphatic heterocycles. The second-order valence-electron chi connectivity index (χ2n) is 4.22. The van der Waals surface area contributed by atoms with E-state index < -0.39 is 0 Å². The zero-order valence-electron chi connectivity index (χ0n) is 9.43. The molecular weight excluding hydrogens is 282 g/mol. The molecule has 0 radical (unpaired) electrons. The van der Waals surface area contributed by atoms with Crippen molar-refractivity contribution in [2.24, 2.45) is 0 Å². The van der Waals surface area contributed by atoms with E-state index in [9.17, 15) is 0 Å². The van der Waals surface area contributed by atoms with E-state index >= 15 is 0 Å². The largest absolute Gasteiger partial charge is 0.314 e. The van der Waals surface area contributed by atoms with Crippen molar-refractivity contribution in [1.29, 1.82) is 0 Å². The highest BCUT2D eigenvalue weighted by Crippen LogP contribution is 2.13. The second-order valence-corrected chi connectivity index (χ2v) is 5.13. The quantitative estimate of drug-likeness (QED) is 0.894. The molecule has 0 amide bonds. The number of nitrogens with one attached hydrogen (secondary N) is 1. The van der Waals surface area contributed by atoms with Gasteiger partial charge in [0.15, 0.2) is 11.5 Å². The Balaban J connectivity index is 1.86. The highest BCUT2D eigenvalue weighted by Gasteiger charge is 2.13. The molecule has 5 nitrogen and oxygen atoms in total. The summed E-state index contributed by atoms with van der Waals surface area (Å²) in [5.41, 5.74) is 0.901. The van der Waals surface area contributed by atoms with Crippen LogP contribution in [-0.4, -0.2) is 45.7 Å². The van der Waals surface area contributed by atoms with Gasteiger partial charge in [-0.3, -0.25) is 9.30 Å². The number of nitrogens with zero attached hydrogens (tertiary/aromatic N) is 4. The highest BCUT2D eigenvalue weighted by atomic mass is 79.9. The molecule has 1 saturated heterocycles. The summed E-state index contributed by atoms with van der Waals surface area (Å²) in [4.78, 5) is 2.40. The molecule has 17 heavy (non-hydrogen) atoms. The topological polar surface area (TPSA) is 45.5 Å². The molecule has 0 spiro atoms. The van der Waals surface area contributed by atoms with E-state index in [1.165, 1.54) is 0 Å². The first kappa shape index (κ1) is 11.1. The third kappa shape index (κ3) is 2.34. The van der Waals surface area contributed by atoms with Crippen molar-refractivity contribution in [3.63, 3.8) is 0 Å². The van der Waals surface area contributed by atoms with E-state index in [0.717, 1.165) is 48.7 Å². The molecule has 0 bridgehead atoms. The van der Waals surface area contributed by atoms with Crippen LogP contribution in [0.5, 0.6) is 0 Å². The molecular formula is C11H14BrN5. The maximum Gasteiger partial charge on any atom is 0.160 e. The predicted molar refractivity (Wildman–Crippen MR) is 68.8 cm³/mol. The summed E-state index contributed by atoms with van der Waals surface area (Å²) >= 11 is 3.48. The van der Waals surface area contributed by atoms with Gasteiger partial charge in [0, 0.05) is 36.8 Å². The molecule has 3 rings (SSSR count). The standard InChI is InChI=1S/C11H14BrN5/c12-9-1-2-10-14-15-11(17(10)7-9)8-16-5-3-13-4-6-16/h1-2,7,13H,3-6,8H2. The summed E-state index contributed by atoms with van der Waals surface area (Å²) in [6, 6.07) is 3.96. The number of hydrogen-bond acceptors (Lipinski definition) is 4. The van der Waals surface area contributed by atoms with Gasteiger partial charge in [0.2, 0.25) is 0 Å². The Hall–Kier alpha value is -0.980. The van der Waals surface area contributed by atoms with E-state index in [1.807, 2.05) is 22.7 Å². The zero-order valence-corrected chi connectivity index (χ0v) is 11.0. The maximum absolute atomic E-state index is 4.26. The van der Waals surface area contributed by atoms with Gasteiger partial charge in [-0.1, -0.05) is 0 Å². The van der Waals surface area contributed by atoms with Crippen molar-refractivity contribution >= 4 is 21.6 Å². The molecule has 2 aromatic rings. The van der Waals surface area contributed by atoms with E-state index in [2.05, 4.69) is 36.3 Å².